The molecular weight excluding hydrogens is 146 g/mol. The summed E-state index contributed by atoms with van der Waals surface area (Å²) in [7, 11) is 1.33. The second-order valence-electron chi connectivity index (χ2n) is 3.01. The minimum atomic E-state index is -0.647. The summed E-state index contributed by atoms with van der Waals surface area (Å²) in [5, 5.41) is 2.59. The molecule has 0 spiro atoms. The highest BCUT2D eigenvalue weighted by Gasteiger charge is 2.41. The van der Waals surface area contributed by atoms with Gasteiger partial charge in [0.15, 0.2) is 0 Å². The Bertz CT molecular complexity index is 202. The van der Waals surface area contributed by atoms with Crippen LogP contribution in [0.15, 0.2) is 0 Å². The van der Waals surface area contributed by atoms with E-state index in [2.05, 4.69) is 10.1 Å². The predicted octanol–water partition coefficient (Wildman–Crippen LogP) is -0.314. The SMILES string of the molecule is COC(=O)C1(C)CNC(=O)C1. The Balaban J connectivity index is 2.69. The monoisotopic (exact) mass is 157 g/mol. The molecule has 4 heteroatoms. The number of hydrogen-bond acceptors (Lipinski definition) is 3. The van der Waals surface area contributed by atoms with Crippen LogP contribution in [0, 0.1) is 5.41 Å². The van der Waals surface area contributed by atoms with Crippen molar-refractivity contribution in [3.8, 4) is 0 Å². The molecule has 0 saturated carbocycles. The minimum Gasteiger partial charge on any atom is -0.469 e. The Kier molecular flexibility index (Phi) is 1.85. The maximum Gasteiger partial charge on any atom is 0.313 e. The first kappa shape index (κ1) is 8.04. The van der Waals surface area contributed by atoms with Crippen LogP contribution >= 0.6 is 0 Å². The fourth-order valence-corrected chi connectivity index (χ4v) is 1.16. The van der Waals surface area contributed by atoms with Gasteiger partial charge >= 0.3 is 5.97 Å². The van der Waals surface area contributed by atoms with Gasteiger partial charge in [0.25, 0.3) is 0 Å². The Morgan fingerprint density at radius 3 is 2.73 bits per heavy atom. The summed E-state index contributed by atoms with van der Waals surface area (Å²) in [4.78, 5) is 21.8. The molecule has 0 radical (unpaired) electrons. The molecule has 1 aliphatic heterocycles. The third-order valence-electron chi connectivity index (χ3n) is 1.90. The Morgan fingerprint density at radius 1 is 1.73 bits per heavy atom. The van der Waals surface area contributed by atoms with Crippen LogP contribution < -0.4 is 5.32 Å². The summed E-state index contributed by atoms with van der Waals surface area (Å²) >= 11 is 0. The molecule has 0 aromatic carbocycles. The Hall–Kier alpha value is -1.06. The van der Waals surface area contributed by atoms with Crippen molar-refractivity contribution in [1.29, 1.82) is 0 Å². The Labute approximate surface area is 64.9 Å². The van der Waals surface area contributed by atoms with Crippen LogP contribution in [-0.4, -0.2) is 25.5 Å². The minimum absolute atomic E-state index is 0.0853. The van der Waals surface area contributed by atoms with Gasteiger partial charge in [0.1, 0.15) is 0 Å². The van der Waals surface area contributed by atoms with E-state index < -0.39 is 5.41 Å². The average molecular weight is 157 g/mol. The molecule has 0 aliphatic carbocycles. The number of hydrogen-bond donors (Lipinski definition) is 1. The molecule has 0 aromatic rings. The van der Waals surface area contributed by atoms with Crippen molar-refractivity contribution >= 4 is 11.9 Å². The fourth-order valence-electron chi connectivity index (χ4n) is 1.16. The molecular formula is C7H11NO3. The molecule has 1 rings (SSSR count). The lowest BCUT2D eigenvalue weighted by Gasteiger charge is -2.16. The standard InChI is InChI=1S/C7H11NO3/c1-7(6(10)11-2)3-5(9)8-4-7/h3-4H2,1-2H3,(H,8,9). The zero-order chi connectivity index (χ0) is 8.48. The molecule has 4 nitrogen and oxygen atoms in total. The molecule has 62 valence electrons. The van der Waals surface area contributed by atoms with E-state index >= 15 is 0 Å². The summed E-state index contributed by atoms with van der Waals surface area (Å²) < 4.78 is 4.55. The summed E-state index contributed by atoms with van der Waals surface area (Å²) in [5.74, 6) is -0.409. The van der Waals surface area contributed by atoms with Crippen molar-refractivity contribution in [2.45, 2.75) is 13.3 Å². The van der Waals surface area contributed by atoms with Gasteiger partial charge in [-0.15, -0.1) is 0 Å². The van der Waals surface area contributed by atoms with Crippen molar-refractivity contribution < 1.29 is 14.3 Å². The molecule has 1 atom stereocenters. The highest BCUT2D eigenvalue weighted by Crippen LogP contribution is 2.26. The molecule has 1 unspecified atom stereocenters. The lowest BCUT2D eigenvalue weighted by molar-refractivity contribution is -0.151. The van der Waals surface area contributed by atoms with E-state index in [4.69, 9.17) is 0 Å². The summed E-state index contributed by atoms with van der Waals surface area (Å²) in [5.41, 5.74) is -0.647. The third kappa shape index (κ3) is 1.34. The van der Waals surface area contributed by atoms with Crippen LogP contribution in [0.3, 0.4) is 0 Å². The number of carbonyl (C=O) groups excluding carboxylic acids is 2. The van der Waals surface area contributed by atoms with Gasteiger partial charge in [0, 0.05) is 13.0 Å². The normalized spacial score (nSPS) is 29.8. The highest BCUT2D eigenvalue weighted by molar-refractivity contribution is 5.89. The van der Waals surface area contributed by atoms with Gasteiger partial charge in [-0.1, -0.05) is 0 Å². The van der Waals surface area contributed by atoms with Gasteiger partial charge in [0.05, 0.1) is 12.5 Å². The number of carbonyl (C=O) groups is 2. The van der Waals surface area contributed by atoms with E-state index in [0.29, 0.717) is 6.54 Å². The number of methoxy groups -OCH3 is 1. The van der Waals surface area contributed by atoms with Gasteiger partial charge in [0.2, 0.25) is 5.91 Å². The van der Waals surface area contributed by atoms with Crippen molar-refractivity contribution in [3.63, 3.8) is 0 Å². The van der Waals surface area contributed by atoms with Crippen LogP contribution in [-0.2, 0) is 14.3 Å². The molecule has 1 N–H and O–H groups in total. The summed E-state index contributed by atoms with van der Waals surface area (Å²) in [6, 6.07) is 0. The van der Waals surface area contributed by atoms with Gasteiger partial charge in [-0.05, 0) is 6.92 Å². The summed E-state index contributed by atoms with van der Waals surface area (Å²) in [6.45, 7) is 2.11. The zero-order valence-electron chi connectivity index (χ0n) is 6.64. The van der Waals surface area contributed by atoms with E-state index in [1.165, 1.54) is 7.11 Å². The van der Waals surface area contributed by atoms with Crippen LogP contribution in [0.5, 0.6) is 0 Å². The van der Waals surface area contributed by atoms with Crippen molar-refractivity contribution in [2.75, 3.05) is 13.7 Å². The second kappa shape index (κ2) is 2.53. The number of esters is 1. The van der Waals surface area contributed by atoms with Crippen molar-refractivity contribution in [2.24, 2.45) is 5.41 Å². The topological polar surface area (TPSA) is 55.4 Å². The molecule has 11 heavy (non-hydrogen) atoms. The van der Waals surface area contributed by atoms with Crippen LogP contribution in [0.25, 0.3) is 0 Å². The van der Waals surface area contributed by atoms with E-state index in [1.54, 1.807) is 6.92 Å². The Morgan fingerprint density at radius 2 is 2.36 bits per heavy atom. The first-order chi connectivity index (χ1) is 5.08. The number of rotatable bonds is 1. The maximum atomic E-state index is 11.1. The average Bonchev–Trinajstić information content (AvgIpc) is 2.31. The number of ether oxygens (including phenoxy) is 1. The lowest BCUT2D eigenvalue weighted by Crippen LogP contribution is -2.31. The first-order valence-corrected chi connectivity index (χ1v) is 3.43. The molecule has 1 heterocycles. The summed E-state index contributed by atoms with van der Waals surface area (Å²) in [6.07, 6.45) is 0.236. The van der Waals surface area contributed by atoms with Gasteiger partial charge in [-0.3, -0.25) is 9.59 Å². The van der Waals surface area contributed by atoms with E-state index in [0.717, 1.165) is 0 Å². The van der Waals surface area contributed by atoms with E-state index in [-0.39, 0.29) is 18.3 Å². The smallest absolute Gasteiger partial charge is 0.313 e. The fraction of sp³-hybridized carbons (Fsp3) is 0.714. The lowest BCUT2D eigenvalue weighted by atomic mass is 9.90. The van der Waals surface area contributed by atoms with Crippen LogP contribution in [0.2, 0.25) is 0 Å². The quantitative estimate of drug-likeness (QED) is 0.531. The third-order valence-corrected chi connectivity index (χ3v) is 1.90. The molecule has 1 fully saturated rings. The molecule has 1 aliphatic rings. The molecule has 0 bridgehead atoms. The second-order valence-corrected chi connectivity index (χ2v) is 3.01. The van der Waals surface area contributed by atoms with E-state index in [1.807, 2.05) is 0 Å². The van der Waals surface area contributed by atoms with Crippen molar-refractivity contribution in [1.82, 2.24) is 5.32 Å². The number of amides is 1. The predicted molar refractivity (Wildman–Crippen MR) is 37.7 cm³/mol. The van der Waals surface area contributed by atoms with Crippen LogP contribution in [0.1, 0.15) is 13.3 Å². The highest BCUT2D eigenvalue weighted by atomic mass is 16.5. The van der Waals surface area contributed by atoms with Gasteiger partial charge in [-0.25, -0.2) is 0 Å². The van der Waals surface area contributed by atoms with Gasteiger partial charge < -0.3 is 10.1 Å². The van der Waals surface area contributed by atoms with Crippen LogP contribution in [0.4, 0.5) is 0 Å². The first-order valence-electron chi connectivity index (χ1n) is 3.43. The molecule has 1 saturated heterocycles. The maximum absolute atomic E-state index is 11.1. The largest absolute Gasteiger partial charge is 0.469 e. The van der Waals surface area contributed by atoms with Crippen molar-refractivity contribution in [3.05, 3.63) is 0 Å². The molecule has 1 amide bonds. The molecule has 0 aromatic heterocycles. The zero-order valence-corrected chi connectivity index (χ0v) is 6.64. The number of nitrogens with one attached hydrogen (secondary N) is 1. The van der Waals surface area contributed by atoms with Gasteiger partial charge in [-0.2, -0.15) is 0 Å². The van der Waals surface area contributed by atoms with E-state index in [9.17, 15) is 9.59 Å².